The van der Waals surface area contributed by atoms with E-state index in [1.807, 2.05) is 64.0 Å². The summed E-state index contributed by atoms with van der Waals surface area (Å²) in [7, 11) is 0. The highest BCUT2D eigenvalue weighted by molar-refractivity contribution is 7.98. The molecular formula is C26H31N7O3S. The van der Waals surface area contributed by atoms with Crippen LogP contribution < -0.4 is 10.5 Å². The van der Waals surface area contributed by atoms with Gasteiger partial charge in [-0.1, -0.05) is 23.9 Å². The number of thioether (sulfide) groups is 1. The van der Waals surface area contributed by atoms with E-state index in [9.17, 15) is 14.9 Å². The molecule has 194 valence electrons. The van der Waals surface area contributed by atoms with Gasteiger partial charge in [-0.15, -0.1) is 0 Å². The standard InChI is InChI=1S/C26H31N7O3S/c1-16-8-7-9-20(17(16)2)33-23(34)21-19(14-28-33)22(30-24(29-21)37-6)31-12-13-32(18(15-31)10-11-27)25(35)36-26(3,4)5/h7-9,14,18H,10,12-13,15H2,1-6H3. The summed E-state index contributed by atoms with van der Waals surface area (Å²) in [6, 6.07) is 7.55. The molecule has 3 aromatic rings. The van der Waals surface area contributed by atoms with Crippen molar-refractivity contribution in [2.45, 2.75) is 57.8 Å². The quantitative estimate of drug-likeness (QED) is 0.373. The molecular weight excluding hydrogens is 490 g/mol. The Labute approximate surface area is 220 Å². The van der Waals surface area contributed by atoms with Gasteiger partial charge in [-0.25, -0.2) is 14.8 Å². The minimum Gasteiger partial charge on any atom is -0.444 e. The zero-order chi connectivity index (χ0) is 26.9. The molecule has 37 heavy (non-hydrogen) atoms. The predicted molar refractivity (Wildman–Crippen MR) is 143 cm³/mol. The minimum atomic E-state index is -0.636. The van der Waals surface area contributed by atoms with Crippen LogP contribution in [0.25, 0.3) is 16.6 Å². The second-order valence-electron chi connectivity index (χ2n) is 10.0. The first kappa shape index (κ1) is 26.4. The van der Waals surface area contributed by atoms with E-state index in [4.69, 9.17) is 9.72 Å². The van der Waals surface area contributed by atoms with Gasteiger partial charge in [0.25, 0.3) is 5.56 Å². The number of benzene rings is 1. The Bertz CT molecular complexity index is 1440. The van der Waals surface area contributed by atoms with E-state index in [0.29, 0.717) is 41.7 Å². The Morgan fingerprint density at radius 1 is 1.24 bits per heavy atom. The Hall–Kier alpha value is -3.65. The number of hydrogen-bond donors (Lipinski definition) is 0. The molecule has 0 radical (unpaired) electrons. The molecule has 4 rings (SSSR count). The van der Waals surface area contributed by atoms with Crippen molar-refractivity contribution in [3.8, 4) is 11.8 Å². The number of nitrogens with zero attached hydrogens (tertiary/aromatic N) is 7. The van der Waals surface area contributed by atoms with Crippen molar-refractivity contribution in [1.29, 1.82) is 5.26 Å². The molecule has 1 atom stereocenters. The number of carbonyl (C=O) groups is 1. The van der Waals surface area contributed by atoms with Crippen molar-refractivity contribution in [2.24, 2.45) is 0 Å². The summed E-state index contributed by atoms with van der Waals surface area (Å²) < 4.78 is 6.95. The number of nitriles is 1. The Morgan fingerprint density at radius 3 is 2.68 bits per heavy atom. The van der Waals surface area contributed by atoms with E-state index in [2.05, 4.69) is 16.2 Å². The smallest absolute Gasteiger partial charge is 0.410 e. The van der Waals surface area contributed by atoms with Gasteiger partial charge in [0.1, 0.15) is 16.9 Å². The van der Waals surface area contributed by atoms with Gasteiger partial charge in [0.05, 0.1) is 35.8 Å². The Balaban J connectivity index is 1.76. The summed E-state index contributed by atoms with van der Waals surface area (Å²) in [4.78, 5) is 39.3. The number of aryl methyl sites for hydroxylation is 1. The third kappa shape index (κ3) is 5.39. The van der Waals surface area contributed by atoms with Gasteiger partial charge in [0.15, 0.2) is 5.16 Å². The number of rotatable bonds is 4. The van der Waals surface area contributed by atoms with E-state index in [1.54, 1.807) is 11.1 Å². The van der Waals surface area contributed by atoms with Crippen LogP contribution in [0.3, 0.4) is 0 Å². The molecule has 0 N–H and O–H groups in total. The maximum atomic E-state index is 13.6. The zero-order valence-corrected chi connectivity index (χ0v) is 22.8. The van der Waals surface area contributed by atoms with Crippen molar-refractivity contribution in [1.82, 2.24) is 24.6 Å². The first-order chi connectivity index (χ1) is 17.5. The largest absolute Gasteiger partial charge is 0.444 e. The fraction of sp³-hybridized carbons (Fsp3) is 0.462. The number of anilines is 1. The lowest BCUT2D eigenvalue weighted by atomic mass is 10.1. The summed E-state index contributed by atoms with van der Waals surface area (Å²) >= 11 is 1.35. The van der Waals surface area contributed by atoms with Crippen LogP contribution in [0.2, 0.25) is 0 Å². The van der Waals surface area contributed by atoms with E-state index in [1.165, 1.54) is 16.4 Å². The molecule has 1 aromatic carbocycles. The van der Waals surface area contributed by atoms with Gasteiger partial charge >= 0.3 is 6.09 Å². The van der Waals surface area contributed by atoms with Crippen LogP contribution in [0.1, 0.15) is 38.3 Å². The first-order valence-electron chi connectivity index (χ1n) is 12.1. The second-order valence-corrected chi connectivity index (χ2v) is 10.8. The molecule has 1 saturated heterocycles. The zero-order valence-electron chi connectivity index (χ0n) is 22.0. The second kappa shape index (κ2) is 10.4. The van der Waals surface area contributed by atoms with Crippen LogP contribution in [0.5, 0.6) is 0 Å². The molecule has 0 saturated carbocycles. The number of piperazine rings is 1. The van der Waals surface area contributed by atoms with Crippen LogP contribution in [0.4, 0.5) is 10.6 Å². The van der Waals surface area contributed by atoms with Gasteiger partial charge in [0, 0.05) is 19.6 Å². The molecule has 0 aliphatic carbocycles. The van der Waals surface area contributed by atoms with Crippen molar-refractivity contribution in [3.63, 3.8) is 0 Å². The number of ether oxygens (including phenoxy) is 1. The summed E-state index contributed by atoms with van der Waals surface area (Å²) in [6.45, 7) is 10.6. The number of hydrogen-bond acceptors (Lipinski definition) is 9. The number of aromatic nitrogens is 4. The van der Waals surface area contributed by atoms with E-state index < -0.39 is 11.7 Å². The lowest BCUT2D eigenvalue weighted by Crippen LogP contribution is -2.56. The molecule has 1 amide bonds. The van der Waals surface area contributed by atoms with Crippen molar-refractivity contribution in [2.75, 3.05) is 30.8 Å². The molecule has 0 bridgehead atoms. The summed E-state index contributed by atoms with van der Waals surface area (Å²) in [5.74, 6) is 0.568. The average Bonchev–Trinajstić information content (AvgIpc) is 2.85. The number of carbonyl (C=O) groups excluding carboxylic acids is 1. The monoisotopic (exact) mass is 521 g/mol. The summed E-state index contributed by atoms with van der Waals surface area (Å²) in [6.07, 6.45) is 3.18. The third-order valence-electron chi connectivity index (χ3n) is 6.33. The van der Waals surface area contributed by atoms with Crippen LogP contribution in [0.15, 0.2) is 34.3 Å². The van der Waals surface area contributed by atoms with Gasteiger partial charge in [-0.05, 0) is 58.1 Å². The highest BCUT2D eigenvalue weighted by atomic mass is 32.2. The van der Waals surface area contributed by atoms with Crippen molar-refractivity contribution >= 4 is 34.6 Å². The predicted octanol–water partition coefficient (Wildman–Crippen LogP) is 3.85. The molecule has 3 heterocycles. The van der Waals surface area contributed by atoms with Gasteiger partial charge < -0.3 is 14.5 Å². The minimum absolute atomic E-state index is 0.145. The molecule has 11 heteroatoms. The highest BCUT2D eigenvalue weighted by Gasteiger charge is 2.34. The van der Waals surface area contributed by atoms with E-state index in [-0.39, 0.29) is 23.5 Å². The van der Waals surface area contributed by atoms with Gasteiger partial charge in [0.2, 0.25) is 0 Å². The molecule has 10 nitrogen and oxygen atoms in total. The molecule has 1 aliphatic rings. The lowest BCUT2D eigenvalue weighted by molar-refractivity contribution is 0.0145. The van der Waals surface area contributed by atoms with Crippen LogP contribution in [0, 0.1) is 25.2 Å². The molecule has 1 aliphatic heterocycles. The van der Waals surface area contributed by atoms with Crippen LogP contribution in [-0.2, 0) is 4.74 Å². The maximum absolute atomic E-state index is 13.6. The Morgan fingerprint density at radius 2 is 2.00 bits per heavy atom. The average molecular weight is 522 g/mol. The van der Waals surface area contributed by atoms with Crippen molar-refractivity contribution < 1.29 is 9.53 Å². The fourth-order valence-corrected chi connectivity index (χ4v) is 4.71. The fourth-order valence-electron chi connectivity index (χ4n) is 4.35. The Kier molecular flexibility index (Phi) is 7.41. The lowest BCUT2D eigenvalue weighted by Gasteiger charge is -2.41. The van der Waals surface area contributed by atoms with Crippen molar-refractivity contribution in [3.05, 3.63) is 45.9 Å². The normalized spacial score (nSPS) is 16.1. The van der Waals surface area contributed by atoms with E-state index in [0.717, 1.165) is 11.1 Å². The first-order valence-corrected chi connectivity index (χ1v) is 13.3. The van der Waals surface area contributed by atoms with Gasteiger partial charge in [-0.3, -0.25) is 4.79 Å². The van der Waals surface area contributed by atoms with Crippen LogP contribution >= 0.6 is 11.8 Å². The van der Waals surface area contributed by atoms with Gasteiger partial charge in [-0.2, -0.15) is 15.0 Å². The van der Waals surface area contributed by atoms with Crippen LogP contribution in [-0.4, -0.2) is 68.3 Å². The number of amides is 1. The van der Waals surface area contributed by atoms with E-state index >= 15 is 0 Å². The molecule has 1 fully saturated rings. The molecule has 0 spiro atoms. The highest BCUT2D eigenvalue weighted by Crippen LogP contribution is 2.28. The number of fused-ring (bicyclic) bond motifs is 1. The third-order valence-corrected chi connectivity index (χ3v) is 6.87. The molecule has 2 aromatic heterocycles. The topological polar surface area (TPSA) is 117 Å². The summed E-state index contributed by atoms with van der Waals surface area (Å²) in [5, 5.41) is 14.9. The molecule has 1 unspecified atom stereocenters. The maximum Gasteiger partial charge on any atom is 0.410 e. The summed E-state index contributed by atoms with van der Waals surface area (Å²) in [5.41, 5.74) is 2.04. The SMILES string of the molecule is CSc1nc(N2CCN(C(=O)OC(C)(C)C)C(CC#N)C2)c2cnn(-c3cccc(C)c3C)c(=O)c2n1.